The van der Waals surface area contributed by atoms with Crippen molar-refractivity contribution in [2.45, 2.75) is 56.8 Å². The number of hydrogen-bond acceptors (Lipinski definition) is 8. The Hall–Kier alpha value is -3.50. The number of anilines is 2. The van der Waals surface area contributed by atoms with Gasteiger partial charge in [0, 0.05) is 80.8 Å². The maximum Gasteiger partial charge on any atom is 0.410 e. The number of carbonyl (C=O) groups excluding carboxylic acids is 3. The van der Waals surface area contributed by atoms with Crippen LogP contribution in [0.4, 0.5) is 21.0 Å². The number of hydrogen-bond donors (Lipinski definition) is 2. The average Bonchev–Trinajstić information content (AvgIpc) is 3.56. The number of likely N-dealkylation sites (tertiary alicyclic amines) is 1. The van der Waals surface area contributed by atoms with Crippen LogP contribution in [0.25, 0.3) is 0 Å². The van der Waals surface area contributed by atoms with Crippen molar-refractivity contribution >= 4 is 52.3 Å². The standard InChI is InChI=1S/C34H42ClN7O4S/c1-2-23-15-22(16-27(35)31(23)36)17-30(32(43)40-13-11-39(12-14-40)29-19-38-7-3-24(29)4-8-38)46-34(45)41-9-5-26(6-10-41)42-18-25-20-47-21-28(25)37-33(42)44/h1,15-16,20-21,24,26,29-30H,3-14,17-19,36H2,(H,37,44)/t29?,30-/m1/s1. The Kier molecular flexibility index (Phi) is 9.24. The minimum Gasteiger partial charge on any atom is -0.436 e. The molecule has 8 rings (SSSR count). The molecule has 13 heteroatoms. The SMILES string of the molecule is C#Cc1cc(C[C@@H](OC(=O)N2CCC(N3Cc4cscc4NC3=O)CC2)C(=O)N2CCN(C3CN4CCC3CC4)CC2)cc(Cl)c1N. The molecule has 0 aliphatic carbocycles. The zero-order valence-corrected chi connectivity index (χ0v) is 28.1. The number of nitrogens with two attached hydrogens (primary N) is 1. The molecule has 4 amide bonds. The molecule has 47 heavy (non-hydrogen) atoms. The first-order chi connectivity index (χ1) is 22.8. The molecule has 5 saturated heterocycles. The van der Waals surface area contributed by atoms with Gasteiger partial charge in [0.1, 0.15) is 0 Å². The number of halogens is 1. The number of piperazine rings is 1. The molecular formula is C34H42ClN7O4S. The van der Waals surface area contributed by atoms with Crippen LogP contribution in [-0.4, -0.2) is 120 Å². The molecule has 250 valence electrons. The van der Waals surface area contributed by atoms with Gasteiger partial charge in [-0.1, -0.05) is 17.5 Å². The zero-order chi connectivity index (χ0) is 32.7. The van der Waals surface area contributed by atoms with Crippen molar-refractivity contribution in [2.24, 2.45) is 5.92 Å². The van der Waals surface area contributed by atoms with Gasteiger partial charge in [-0.05, 0) is 67.8 Å². The van der Waals surface area contributed by atoms with E-state index in [1.165, 1.54) is 25.9 Å². The number of terminal acetylenes is 1. The molecule has 11 nitrogen and oxygen atoms in total. The molecule has 6 aliphatic rings. The Morgan fingerprint density at radius 2 is 1.79 bits per heavy atom. The zero-order valence-electron chi connectivity index (χ0n) is 26.5. The molecule has 2 bridgehead atoms. The van der Waals surface area contributed by atoms with Crippen LogP contribution >= 0.6 is 22.9 Å². The second kappa shape index (κ2) is 13.5. The van der Waals surface area contributed by atoms with E-state index in [-0.39, 0.29) is 24.4 Å². The van der Waals surface area contributed by atoms with Gasteiger partial charge < -0.3 is 35.4 Å². The summed E-state index contributed by atoms with van der Waals surface area (Å²) in [5.74, 6) is 3.08. The lowest BCUT2D eigenvalue weighted by molar-refractivity contribution is -0.143. The molecule has 0 radical (unpaired) electrons. The second-order valence-corrected chi connectivity index (χ2v) is 14.6. The summed E-state index contributed by atoms with van der Waals surface area (Å²) in [5, 5.41) is 7.29. The van der Waals surface area contributed by atoms with E-state index in [9.17, 15) is 14.4 Å². The third-order valence-corrected chi connectivity index (χ3v) is 11.9. The lowest BCUT2D eigenvalue weighted by Gasteiger charge is -2.51. The highest BCUT2D eigenvalue weighted by molar-refractivity contribution is 7.08. The topological polar surface area (TPSA) is 115 Å². The van der Waals surface area contributed by atoms with Gasteiger partial charge in [0.05, 0.1) is 22.9 Å². The van der Waals surface area contributed by atoms with Crippen molar-refractivity contribution in [1.82, 2.24) is 24.5 Å². The Balaban J connectivity index is 1.01. The number of nitrogens with one attached hydrogen (secondary N) is 1. The number of urea groups is 1. The van der Waals surface area contributed by atoms with Crippen molar-refractivity contribution in [3.8, 4) is 12.3 Å². The second-order valence-electron chi connectivity index (χ2n) is 13.4. The van der Waals surface area contributed by atoms with Crippen molar-refractivity contribution in [1.29, 1.82) is 0 Å². The number of piperidine rings is 4. The number of thiophene rings is 1. The highest BCUT2D eigenvalue weighted by Gasteiger charge is 2.40. The molecule has 2 atom stereocenters. The number of nitrogens with zero attached hydrogens (tertiary/aromatic N) is 5. The minimum absolute atomic E-state index is 0.0103. The molecular weight excluding hydrogens is 638 g/mol. The highest BCUT2D eigenvalue weighted by atomic mass is 35.5. The molecule has 7 heterocycles. The number of rotatable bonds is 6. The van der Waals surface area contributed by atoms with Gasteiger partial charge in [0.15, 0.2) is 6.10 Å². The normalized spacial score (nSPS) is 25.6. The molecule has 5 fully saturated rings. The van der Waals surface area contributed by atoms with Gasteiger partial charge in [0.25, 0.3) is 5.91 Å². The van der Waals surface area contributed by atoms with Crippen LogP contribution in [0, 0.1) is 18.3 Å². The van der Waals surface area contributed by atoms with E-state index in [0.29, 0.717) is 73.4 Å². The maximum absolute atomic E-state index is 14.1. The van der Waals surface area contributed by atoms with Crippen LogP contribution in [-0.2, 0) is 22.5 Å². The minimum atomic E-state index is -1.04. The highest BCUT2D eigenvalue weighted by Crippen LogP contribution is 2.33. The molecule has 1 aromatic heterocycles. The van der Waals surface area contributed by atoms with E-state index >= 15 is 0 Å². The predicted molar refractivity (Wildman–Crippen MR) is 182 cm³/mol. The number of amides is 4. The van der Waals surface area contributed by atoms with E-state index in [1.54, 1.807) is 28.4 Å². The summed E-state index contributed by atoms with van der Waals surface area (Å²) in [4.78, 5) is 50.9. The Bertz CT molecular complexity index is 1550. The van der Waals surface area contributed by atoms with E-state index < -0.39 is 12.2 Å². The average molecular weight is 680 g/mol. The molecule has 0 saturated carbocycles. The van der Waals surface area contributed by atoms with Gasteiger partial charge in [-0.25, -0.2) is 9.59 Å². The van der Waals surface area contributed by atoms with E-state index in [0.717, 1.165) is 36.8 Å². The van der Waals surface area contributed by atoms with Crippen molar-refractivity contribution in [3.05, 3.63) is 44.6 Å². The first kappa shape index (κ1) is 32.1. The fourth-order valence-corrected chi connectivity index (χ4v) is 9.00. The Labute approximate surface area is 284 Å². The third-order valence-electron chi connectivity index (χ3n) is 10.7. The number of fused-ring (bicyclic) bond motifs is 4. The summed E-state index contributed by atoms with van der Waals surface area (Å²) >= 11 is 7.96. The van der Waals surface area contributed by atoms with Gasteiger partial charge in [-0.3, -0.25) is 9.69 Å². The fourth-order valence-electron chi connectivity index (χ4n) is 7.98. The van der Waals surface area contributed by atoms with E-state index in [1.807, 2.05) is 15.2 Å². The van der Waals surface area contributed by atoms with Crippen LogP contribution in [0.3, 0.4) is 0 Å². The summed E-state index contributed by atoms with van der Waals surface area (Å²) in [6.07, 6.45) is 7.99. The van der Waals surface area contributed by atoms with Crippen molar-refractivity contribution in [2.75, 3.05) is 70.0 Å². The van der Waals surface area contributed by atoms with Crippen molar-refractivity contribution in [3.63, 3.8) is 0 Å². The van der Waals surface area contributed by atoms with Crippen LogP contribution in [0.2, 0.25) is 5.02 Å². The van der Waals surface area contributed by atoms with Crippen LogP contribution < -0.4 is 11.1 Å². The predicted octanol–water partition coefficient (Wildman–Crippen LogP) is 3.76. The fraction of sp³-hybridized carbons (Fsp3) is 0.559. The summed E-state index contributed by atoms with van der Waals surface area (Å²) in [6, 6.07) is 3.87. The van der Waals surface area contributed by atoms with E-state index in [4.69, 9.17) is 28.5 Å². The molecule has 3 N–H and O–H groups in total. The molecule has 2 aromatic rings. The maximum atomic E-state index is 14.1. The number of benzene rings is 1. The van der Waals surface area contributed by atoms with Gasteiger partial charge in [-0.2, -0.15) is 0 Å². The Morgan fingerprint density at radius 1 is 1.04 bits per heavy atom. The molecule has 6 aliphatic heterocycles. The summed E-state index contributed by atoms with van der Waals surface area (Å²) in [5.41, 5.74) is 9.47. The number of carbonyl (C=O) groups is 3. The van der Waals surface area contributed by atoms with Crippen LogP contribution in [0.15, 0.2) is 22.9 Å². The van der Waals surface area contributed by atoms with Crippen LogP contribution in [0.5, 0.6) is 0 Å². The first-order valence-electron chi connectivity index (χ1n) is 16.7. The lowest BCUT2D eigenvalue weighted by atomic mass is 9.83. The Morgan fingerprint density at radius 3 is 2.47 bits per heavy atom. The van der Waals surface area contributed by atoms with Crippen molar-refractivity contribution < 1.29 is 19.1 Å². The molecule has 1 unspecified atom stereocenters. The number of nitrogen functional groups attached to an aromatic ring is 1. The molecule has 1 aromatic carbocycles. The summed E-state index contributed by atoms with van der Waals surface area (Å²) in [7, 11) is 0. The van der Waals surface area contributed by atoms with Gasteiger partial charge in [-0.15, -0.1) is 17.8 Å². The van der Waals surface area contributed by atoms with Gasteiger partial charge >= 0.3 is 12.1 Å². The molecule has 0 spiro atoms. The number of ether oxygens (including phenoxy) is 1. The largest absolute Gasteiger partial charge is 0.436 e. The monoisotopic (exact) mass is 679 g/mol. The lowest BCUT2D eigenvalue weighted by Crippen LogP contribution is -2.62. The summed E-state index contributed by atoms with van der Waals surface area (Å²) < 4.78 is 6.03. The quantitative estimate of drug-likeness (QED) is 0.353. The smallest absolute Gasteiger partial charge is 0.410 e. The van der Waals surface area contributed by atoms with Gasteiger partial charge in [0.2, 0.25) is 0 Å². The first-order valence-corrected chi connectivity index (χ1v) is 18.0. The van der Waals surface area contributed by atoms with E-state index in [2.05, 4.69) is 26.4 Å². The third kappa shape index (κ3) is 6.64. The van der Waals surface area contributed by atoms with Crippen LogP contribution in [0.1, 0.15) is 42.4 Å². The summed E-state index contributed by atoms with van der Waals surface area (Å²) in [6.45, 7) is 7.72.